The lowest BCUT2D eigenvalue weighted by Crippen LogP contribution is -2.53. The normalized spacial score (nSPS) is 24.9. The molecule has 2 fully saturated rings. The van der Waals surface area contributed by atoms with Gasteiger partial charge in [0.2, 0.25) is 5.91 Å². The average molecular weight is 359 g/mol. The molecule has 0 radical (unpaired) electrons. The molecule has 2 atom stereocenters. The number of likely N-dealkylation sites (tertiary alicyclic amines) is 1. The number of carbonyl (C=O) groups is 1. The third kappa shape index (κ3) is 4.84. The lowest BCUT2D eigenvalue weighted by Gasteiger charge is -2.38. The van der Waals surface area contributed by atoms with Crippen LogP contribution in [0.1, 0.15) is 38.7 Å². The molecule has 2 unspecified atom stereocenters. The Morgan fingerprint density at radius 3 is 2.50 bits per heavy atom. The molecule has 2 aliphatic heterocycles. The maximum Gasteiger partial charge on any atom is 0.241 e. The van der Waals surface area contributed by atoms with E-state index in [1.165, 1.54) is 5.56 Å². The smallest absolute Gasteiger partial charge is 0.241 e. The van der Waals surface area contributed by atoms with Gasteiger partial charge in [-0.3, -0.25) is 10.2 Å². The van der Waals surface area contributed by atoms with E-state index in [0.717, 1.165) is 45.3 Å². The summed E-state index contributed by atoms with van der Waals surface area (Å²) in [6.45, 7) is 7.37. The molecule has 0 saturated carbocycles. The van der Waals surface area contributed by atoms with Crippen molar-refractivity contribution < 1.29 is 4.79 Å². The fourth-order valence-electron chi connectivity index (χ4n) is 4.05. The van der Waals surface area contributed by atoms with Crippen LogP contribution in [0.5, 0.6) is 0 Å². The van der Waals surface area contributed by atoms with E-state index in [2.05, 4.69) is 65.8 Å². The number of hydrogen-bond donors (Lipinski definition) is 2. The second-order valence-corrected chi connectivity index (χ2v) is 8.23. The van der Waals surface area contributed by atoms with Gasteiger partial charge in [-0.1, -0.05) is 44.2 Å². The van der Waals surface area contributed by atoms with Crippen molar-refractivity contribution in [1.29, 1.82) is 0 Å². The molecule has 144 valence electrons. The molecule has 5 nitrogen and oxygen atoms in total. The lowest BCUT2D eigenvalue weighted by molar-refractivity contribution is -0.136. The van der Waals surface area contributed by atoms with Crippen LogP contribution in [0.3, 0.4) is 0 Å². The Morgan fingerprint density at radius 2 is 1.88 bits per heavy atom. The molecule has 26 heavy (non-hydrogen) atoms. The van der Waals surface area contributed by atoms with Gasteiger partial charge in [0.15, 0.2) is 0 Å². The maximum atomic E-state index is 13.3. The Labute approximate surface area is 158 Å². The minimum absolute atomic E-state index is 0.0992. The molecule has 0 aliphatic carbocycles. The van der Waals surface area contributed by atoms with Crippen LogP contribution in [0.25, 0.3) is 0 Å². The first-order chi connectivity index (χ1) is 12.5. The number of rotatable bonds is 6. The average Bonchev–Trinajstić information content (AvgIpc) is 3.14. The van der Waals surface area contributed by atoms with E-state index >= 15 is 0 Å². The van der Waals surface area contributed by atoms with Crippen LogP contribution >= 0.6 is 0 Å². The molecule has 0 bridgehead atoms. The van der Waals surface area contributed by atoms with Gasteiger partial charge in [0.05, 0.1) is 0 Å². The third-order valence-electron chi connectivity index (χ3n) is 5.93. The Balaban J connectivity index is 1.66. The molecule has 0 aromatic heterocycles. The van der Waals surface area contributed by atoms with Crippen LogP contribution in [0.15, 0.2) is 30.3 Å². The zero-order valence-electron chi connectivity index (χ0n) is 16.4. The molecule has 3 rings (SSSR count). The van der Waals surface area contributed by atoms with Crippen molar-refractivity contribution in [1.82, 2.24) is 20.7 Å². The first kappa shape index (κ1) is 19.3. The molecule has 1 amide bonds. The summed E-state index contributed by atoms with van der Waals surface area (Å²) in [5.41, 5.74) is 7.88. The number of benzene rings is 1. The quantitative estimate of drug-likeness (QED) is 0.817. The summed E-state index contributed by atoms with van der Waals surface area (Å²) in [4.78, 5) is 17.9. The van der Waals surface area contributed by atoms with Crippen LogP contribution < -0.4 is 10.9 Å². The third-order valence-corrected chi connectivity index (χ3v) is 5.93. The van der Waals surface area contributed by atoms with Crippen molar-refractivity contribution in [3.05, 3.63) is 35.9 Å². The zero-order valence-corrected chi connectivity index (χ0v) is 16.4. The molecule has 2 saturated heterocycles. The van der Waals surface area contributed by atoms with Crippen molar-refractivity contribution in [2.45, 2.75) is 57.7 Å². The van der Waals surface area contributed by atoms with E-state index in [4.69, 9.17) is 0 Å². The molecular formula is C21H34N4O. The van der Waals surface area contributed by atoms with Crippen molar-refractivity contribution in [3.8, 4) is 0 Å². The van der Waals surface area contributed by atoms with E-state index in [0.29, 0.717) is 18.0 Å². The molecule has 2 heterocycles. The predicted octanol–water partition coefficient (Wildman–Crippen LogP) is 2.04. The van der Waals surface area contributed by atoms with Crippen molar-refractivity contribution >= 4 is 5.91 Å². The second kappa shape index (κ2) is 8.98. The van der Waals surface area contributed by atoms with Gasteiger partial charge in [-0.05, 0) is 57.3 Å². The molecule has 5 heteroatoms. The van der Waals surface area contributed by atoms with Crippen LogP contribution in [0.4, 0.5) is 0 Å². The van der Waals surface area contributed by atoms with E-state index in [-0.39, 0.29) is 11.9 Å². The van der Waals surface area contributed by atoms with E-state index < -0.39 is 0 Å². The predicted molar refractivity (Wildman–Crippen MR) is 106 cm³/mol. The molecule has 0 spiro atoms. The molecule has 1 aromatic carbocycles. The number of hydrazine groups is 1. The summed E-state index contributed by atoms with van der Waals surface area (Å²) in [6.07, 6.45) is 3.95. The van der Waals surface area contributed by atoms with Crippen LogP contribution in [0, 0.1) is 5.92 Å². The topological polar surface area (TPSA) is 47.6 Å². The summed E-state index contributed by atoms with van der Waals surface area (Å²) in [5, 5.41) is 0. The van der Waals surface area contributed by atoms with Gasteiger partial charge in [-0.25, -0.2) is 5.43 Å². The first-order valence-electron chi connectivity index (χ1n) is 10.1. The van der Waals surface area contributed by atoms with Crippen molar-refractivity contribution in [2.24, 2.45) is 5.92 Å². The zero-order chi connectivity index (χ0) is 18.5. The van der Waals surface area contributed by atoms with Gasteiger partial charge in [0, 0.05) is 18.6 Å². The van der Waals surface area contributed by atoms with Gasteiger partial charge in [0.25, 0.3) is 0 Å². The largest absolute Gasteiger partial charge is 0.338 e. The Bertz CT molecular complexity index is 569. The van der Waals surface area contributed by atoms with E-state index in [1.807, 2.05) is 6.07 Å². The Kier molecular flexibility index (Phi) is 6.68. The summed E-state index contributed by atoms with van der Waals surface area (Å²) in [6, 6.07) is 11.1. The van der Waals surface area contributed by atoms with E-state index in [1.54, 1.807) is 0 Å². The highest BCUT2D eigenvalue weighted by molar-refractivity contribution is 5.82. The van der Waals surface area contributed by atoms with E-state index in [9.17, 15) is 4.79 Å². The fourth-order valence-corrected chi connectivity index (χ4v) is 4.05. The highest BCUT2D eigenvalue weighted by atomic mass is 16.2. The van der Waals surface area contributed by atoms with Crippen LogP contribution in [0.2, 0.25) is 0 Å². The SMILES string of the molecule is CC(C)C1CC(C(=O)N(CCc2ccccc2)C2CCN(C)CC2)NN1. The molecular weight excluding hydrogens is 324 g/mol. The summed E-state index contributed by atoms with van der Waals surface area (Å²) in [7, 11) is 2.17. The minimum atomic E-state index is -0.0992. The van der Waals surface area contributed by atoms with Crippen LogP contribution in [-0.2, 0) is 11.2 Å². The fraction of sp³-hybridized carbons (Fsp3) is 0.667. The molecule has 2 aliphatic rings. The first-order valence-corrected chi connectivity index (χ1v) is 10.1. The van der Waals surface area contributed by atoms with Gasteiger partial charge in [-0.2, -0.15) is 0 Å². The second-order valence-electron chi connectivity index (χ2n) is 8.23. The van der Waals surface area contributed by atoms with Crippen molar-refractivity contribution in [3.63, 3.8) is 0 Å². The minimum Gasteiger partial charge on any atom is -0.338 e. The monoisotopic (exact) mass is 358 g/mol. The van der Waals surface area contributed by atoms with Gasteiger partial charge >= 0.3 is 0 Å². The number of carbonyl (C=O) groups excluding carboxylic acids is 1. The van der Waals surface area contributed by atoms with Gasteiger partial charge in [0.1, 0.15) is 6.04 Å². The van der Waals surface area contributed by atoms with Gasteiger partial charge < -0.3 is 9.80 Å². The van der Waals surface area contributed by atoms with Crippen molar-refractivity contribution in [2.75, 3.05) is 26.7 Å². The summed E-state index contributed by atoms with van der Waals surface area (Å²) >= 11 is 0. The maximum absolute atomic E-state index is 13.3. The summed E-state index contributed by atoms with van der Waals surface area (Å²) in [5.74, 6) is 0.799. The summed E-state index contributed by atoms with van der Waals surface area (Å²) < 4.78 is 0. The Hall–Kier alpha value is -1.43. The number of amides is 1. The van der Waals surface area contributed by atoms with Crippen LogP contribution in [-0.4, -0.2) is 60.5 Å². The number of nitrogens with one attached hydrogen (secondary N) is 2. The highest BCUT2D eigenvalue weighted by Crippen LogP contribution is 2.21. The number of hydrogen-bond acceptors (Lipinski definition) is 4. The standard InChI is InChI=1S/C21H34N4O/c1-16(2)19-15-20(23-22-19)21(26)25(18-10-12-24(3)13-11-18)14-9-17-7-5-4-6-8-17/h4-8,16,18-20,22-23H,9-15H2,1-3H3. The Morgan fingerprint density at radius 1 is 1.19 bits per heavy atom. The van der Waals surface area contributed by atoms with Gasteiger partial charge in [-0.15, -0.1) is 0 Å². The number of nitrogens with zero attached hydrogens (tertiary/aromatic N) is 2. The lowest BCUT2D eigenvalue weighted by atomic mass is 9.97. The highest BCUT2D eigenvalue weighted by Gasteiger charge is 2.36. The number of piperidine rings is 1. The molecule has 2 N–H and O–H groups in total. The molecule has 1 aromatic rings.